The molecular weight excluding hydrogens is 322 g/mol. The number of benzene rings is 2. The van der Waals surface area contributed by atoms with Crippen LogP contribution in [-0.4, -0.2) is 15.7 Å². The van der Waals surface area contributed by atoms with E-state index in [1.54, 1.807) is 10.9 Å². The van der Waals surface area contributed by atoms with E-state index in [9.17, 15) is 4.79 Å². The van der Waals surface area contributed by atoms with Crippen molar-refractivity contribution in [3.05, 3.63) is 83.1 Å². The first kappa shape index (κ1) is 16.3. The molecule has 1 amide bonds. The van der Waals surface area contributed by atoms with Crippen LogP contribution in [0.3, 0.4) is 0 Å². The summed E-state index contributed by atoms with van der Waals surface area (Å²) in [4.78, 5) is 12.0. The molecule has 0 fully saturated rings. The predicted octanol–water partition coefficient (Wildman–Crippen LogP) is 4.16. The molecule has 3 rings (SSSR count). The molecule has 24 heavy (non-hydrogen) atoms. The van der Waals surface area contributed by atoms with E-state index in [1.807, 2.05) is 60.8 Å². The van der Waals surface area contributed by atoms with Crippen LogP contribution in [0.1, 0.15) is 17.5 Å². The molecule has 3 aromatic rings. The average molecular weight is 340 g/mol. The Morgan fingerprint density at radius 1 is 1.08 bits per heavy atom. The smallest absolute Gasteiger partial charge is 0.224 e. The number of amides is 1. The molecule has 2 aromatic carbocycles. The van der Waals surface area contributed by atoms with Gasteiger partial charge in [-0.1, -0.05) is 54.1 Å². The Balaban J connectivity index is 1.53. The Bertz CT molecular complexity index is 814. The highest BCUT2D eigenvalue weighted by Gasteiger charge is 2.06. The van der Waals surface area contributed by atoms with E-state index < -0.39 is 0 Å². The third kappa shape index (κ3) is 4.70. The van der Waals surface area contributed by atoms with E-state index in [-0.39, 0.29) is 5.91 Å². The Labute approximate surface area is 146 Å². The van der Waals surface area contributed by atoms with E-state index in [4.69, 9.17) is 11.6 Å². The number of carbonyl (C=O) groups is 1. The minimum atomic E-state index is -0.0128. The van der Waals surface area contributed by atoms with Gasteiger partial charge in [-0.25, -0.2) is 0 Å². The van der Waals surface area contributed by atoms with Gasteiger partial charge in [-0.15, -0.1) is 0 Å². The monoisotopic (exact) mass is 339 g/mol. The Hall–Kier alpha value is -2.59. The highest BCUT2D eigenvalue weighted by Crippen LogP contribution is 2.13. The molecule has 1 aromatic heterocycles. The SMILES string of the molecule is O=C(CCc1ccccc1)Nc1cnn(Cc2cccc(Cl)c2)c1. The molecule has 0 spiro atoms. The van der Waals surface area contributed by atoms with Gasteiger partial charge in [-0.3, -0.25) is 9.48 Å². The molecule has 0 atom stereocenters. The van der Waals surface area contributed by atoms with Crippen LogP contribution >= 0.6 is 11.6 Å². The summed E-state index contributed by atoms with van der Waals surface area (Å²) in [7, 11) is 0. The van der Waals surface area contributed by atoms with Crippen molar-refractivity contribution in [3.63, 3.8) is 0 Å². The van der Waals surface area contributed by atoms with Gasteiger partial charge in [0, 0.05) is 17.6 Å². The minimum Gasteiger partial charge on any atom is -0.323 e. The summed E-state index contributed by atoms with van der Waals surface area (Å²) in [6, 6.07) is 17.6. The number of nitrogens with one attached hydrogen (secondary N) is 1. The van der Waals surface area contributed by atoms with Gasteiger partial charge in [0.2, 0.25) is 5.91 Å². The van der Waals surface area contributed by atoms with Crippen molar-refractivity contribution in [1.29, 1.82) is 0 Å². The zero-order valence-electron chi connectivity index (χ0n) is 13.2. The molecule has 122 valence electrons. The van der Waals surface area contributed by atoms with Crippen LogP contribution in [0, 0.1) is 0 Å². The van der Waals surface area contributed by atoms with Gasteiger partial charge < -0.3 is 5.32 Å². The van der Waals surface area contributed by atoms with E-state index in [1.165, 1.54) is 0 Å². The van der Waals surface area contributed by atoms with E-state index >= 15 is 0 Å². The third-order valence-electron chi connectivity index (χ3n) is 3.63. The molecule has 0 unspecified atom stereocenters. The standard InChI is InChI=1S/C19H18ClN3O/c20-17-8-4-7-16(11-17)13-23-14-18(12-21-23)22-19(24)10-9-15-5-2-1-3-6-15/h1-8,11-12,14H,9-10,13H2,(H,22,24). The summed E-state index contributed by atoms with van der Waals surface area (Å²) in [5.41, 5.74) is 2.92. The average Bonchev–Trinajstić information content (AvgIpc) is 3.01. The first-order chi connectivity index (χ1) is 11.7. The summed E-state index contributed by atoms with van der Waals surface area (Å²) in [6.45, 7) is 0.612. The fraction of sp³-hybridized carbons (Fsp3) is 0.158. The number of aryl methyl sites for hydroxylation is 1. The zero-order chi connectivity index (χ0) is 16.8. The lowest BCUT2D eigenvalue weighted by Crippen LogP contribution is -2.11. The fourth-order valence-corrected chi connectivity index (χ4v) is 2.68. The van der Waals surface area contributed by atoms with Crippen LogP contribution in [0.2, 0.25) is 5.02 Å². The first-order valence-electron chi connectivity index (χ1n) is 7.80. The highest BCUT2D eigenvalue weighted by atomic mass is 35.5. The van der Waals surface area contributed by atoms with Gasteiger partial charge in [0.1, 0.15) is 0 Å². The lowest BCUT2D eigenvalue weighted by Gasteiger charge is -2.03. The van der Waals surface area contributed by atoms with Gasteiger partial charge in [-0.2, -0.15) is 5.10 Å². The number of halogens is 1. The van der Waals surface area contributed by atoms with Crippen molar-refractivity contribution >= 4 is 23.2 Å². The molecule has 0 radical (unpaired) electrons. The molecule has 4 nitrogen and oxygen atoms in total. The Kier molecular flexibility index (Phi) is 5.29. The molecule has 0 aliphatic rings. The van der Waals surface area contributed by atoms with Gasteiger partial charge in [0.15, 0.2) is 0 Å². The quantitative estimate of drug-likeness (QED) is 0.733. The first-order valence-corrected chi connectivity index (χ1v) is 8.17. The van der Waals surface area contributed by atoms with Gasteiger partial charge in [0.25, 0.3) is 0 Å². The Morgan fingerprint density at radius 2 is 1.88 bits per heavy atom. The summed E-state index contributed by atoms with van der Waals surface area (Å²) in [5.74, 6) is -0.0128. The molecule has 1 heterocycles. The second kappa shape index (κ2) is 7.79. The van der Waals surface area contributed by atoms with Crippen LogP contribution in [0.15, 0.2) is 67.0 Å². The molecule has 0 aliphatic carbocycles. The molecule has 0 saturated carbocycles. The van der Waals surface area contributed by atoms with E-state index in [2.05, 4.69) is 10.4 Å². The van der Waals surface area contributed by atoms with E-state index in [0.29, 0.717) is 23.7 Å². The molecule has 0 saturated heterocycles. The highest BCUT2D eigenvalue weighted by molar-refractivity contribution is 6.30. The normalized spacial score (nSPS) is 10.5. The summed E-state index contributed by atoms with van der Waals surface area (Å²) in [6.07, 6.45) is 4.65. The lowest BCUT2D eigenvalue weighted by atomic mass is 10.1. The summed E-state index contributed by atoms with van der Waals surface area (Å²) in [5, 5.41) is 7.86. The largest absolute Gasteiger partial charge is 0.323 e. The van der Waals surface area contributed by atoms with Gasteiger partial charge in [-0.05, 0) is 29.7 Å². The number of rotatable bonds is 6. The topological polar surface area (TPSA) is 46.9 Å². The molecule has 0 aliphatic heterocycles. The zero-order valence-corrected chi connectivity index (χ0v) is 13.9. The van der Waals surface area contributed by atoms with Crippen LogP contribution < -0.4 is 5.32 Å². The maximum Gasteiger partial charge on any atom is 0.224 e. The number of hydrogen-bond donors (Lipinski definition) is 1. The number of nitrogens with zero attached hydrogens (tertiary/aromatic N) is 2. The van der Waals surface area contributed by atoms with Crippen LogP contribution in [-0.2, 0) is 17.8 Å². The third-order valence-corrected chi connectivity index (χ3v) is 3.87. The van der Waals surface area contributed by atoms with Crippen molar-refractivity contribution in [2.24, 2.45) is 0 Å². The molecular formula is C19H18ClN3O. The fourth-order valence-electron chi connectivity index (χ4n) is 2.46. The van der Waals surface area contributed by atoms with Crippen molar-refractivity contribution in [3.8, 4) is 0 Å². The van der Waals surface area contributed by atoms with Gasteiger partial charge >= 0.3 is 0 Å². The van der Waals surface area contributed by atoms with E-state index in [0.717, 1.165) is 17.5 Å². The van der Waals surface area contributed by atoms with Crippen LogP contribution in [0.4, 0.5) is 5.69 Å². The lowest BCUT2D eigenvalue weighted by molar-refractivity contribution is -0.116. The van der Waals surface area contributed by atoms with Crippen molar-refractivity contribution < 1.29 is 4.79 Å². The van der Waals surface area contributed by atoms with Crippen molar-refractivity contribution in [2.45, 2.75) is 19.4 Å². The van der Waals surface area contributed by atoms with Gasteiger partial charge in [0.05, 0.1) is 18.4 Å². The molecule has 0 bridgehead atoms. The second-order valence-electron chi connectivity index (χ2n) is 5.59. The maximum absolute atomic E-state index is 12.0. The number of carbonyl (C=O) groups excluding carboxylic acids is 1. The Morgan fingerprint density at radius 3 is 2.67 bits per heavy atom. The number of aromatic nitrogens is 2. The van der Waals surface area contributed by atoms with Crippen LogP contribution in [0.5, 0.6) is 0 Å². The van der Waals surface area contributed by atoms with Crippen molar-refractivity contribution in [2.75, 3.05) is 5.32 Å². The molecule has 5 heteroatoms. The molecule has 1 N–H and O–H groups in total. The minimum absolute atomic E-state index is 0.0128. The second-order valence-corrected chi connectivity index (χ2v) is 6.03. The predicted molar refractivity (Wildman–Crippen MR) is 96.2 cm³/mol. The number of anilines is 1. The number of hydrogen-bond acceptors (Lipinski definition) is 2. The summed E-state index contributed by atoms with van der Waals surface area (Å²) < 4.78 is 1.78. The van der Waals surface area contributed by atoms with Crippen molar-refractivity contribution in [1.82, 2.24) is 9.78 Å². The van der Waals surface area contributed by atoms with Crippen LogP contribution in [0.25, 0.3) is 0 Å². The summed E-state index contributed by atoms with van der Waals surface area (Å²) >= 11 is 5.98. The maximum atomic E-state index is 12.0.